The molecule has 210 valence electrons. The van der Waals surface area contributed by atoms with Crippen molar-refractivity contribution in [1.82, 2.24) is 4.98 Å². The Balaban J connectivity index is 1.43. The van der Waals surface area contributed by atoms with Gasteiger partial charge in [-0.1, -0.05) is 17.2 Å². The van der Waals surface area contributed by atoms with Gasteiger partial charge in [0.15, 0.2) is 5.13 Å². The molecule has 1 aromatic carbocycles. The van der Waals surface area contributed by atoms with E-state index in [4.69, 9.17) is 14.4 Å². The molecule has 3 unspecified atom stereocenters. The number of oxime groups is 2. The Hall–Kier alpha value is -2.94. The molecular formula is C30H40N4O4S. The molecule has 2 saturated carbocycles. The number of hydrogen-bond donors (Lipinski definition) is 1. The molecule has 0 spiro atoms. The summed E-state index contributed by atoms with van der Waals surface area (Å²) in [5, 5.41) is 12.4. The number of carbonyl (C=O) groups is 1. The molecule has 0 bridgehead atoms. The lowest BCUT2D eigenvalue weighted by Gasteiger charge is -2.50. The van der Waals surface area contributed by atoms with E-state index >= 15 is 0 Å². The van der Waals surface area contributed by atoms with Gasteiger partial charge in [0.1, 0.15) is 20.0 Å². The summed E-state index contributed by atoms with van der Waals surface area (Å²) in [7, 11) is 4.93. The minimum Gasteiger partial charge on any atom is -0.496 e. The first-order valence-corrected chi connectivity index (χ1v) is 14.7. The van der Waals surface area contributed by atoms with Crippen molar-refractivity contribution in [2.24, 2.45) is 33.5 Å². The van der Waals surface area contributed by atoms with Crippen LogP contribution in [0.5, 0.6) is 5.75 Å². The van der Waals surface area contributed by atoms with E-state index in [1.807, 2.05) is 13.8 Å². The van der Waals surface area contributed by atoms with Gasteiger partial charge >= 0.3 is 0 Å². The predicted octanol–water partition coefficient (Wildman–Crippen LogP) is 6.33. The predicted molar refractivity (Wildman–Crippen MR) is 155 cm³/mol. The summed E-state index contributed by atoms with van der Waals surface area (Å²) in [6, 6.07) is 4.50. The first-order valence-electron chi connectivity index (χ1n) is 13.9. The molecule has 0 aliphatic heterocycles. The number of rotatable bonds is 8. The van der Waals surface area contributed by atoms with Crippen LogP contribution in [0.3, 0.4) is 0 Å². The number of nitrogens with one attached hydrogen (secondary N) is 1. The number of amides is 1. The zero-order chi connectivity index (χ0) is 27.7. The second kappa shape index (κ2) is 11.3. The third-order valence-electron chi connectivity index (χ3n) is 9.35. The molecule has 0 radical (unpaired) electrons. The normalized spacial score (nSPS) is 28.9. The monoisotopic (exact) mass is 552 g/mol. The third-order valence-corrected chi connectivity index (χ3v) is 10.2. The van der Waals surface area contributed by atoms with Crippen LogP contribution in [0.2, 0.25) is 0 Å². The molecule has 1 N–H and O–H groups in total. The van der Waals surface area contributed by atoms with Crippen molar-refractivity contribution >= 4 is 33.8 Å². The number of ether oxygens (including phenoxy) is 1. The number of thiazole rings is 1. The Morgan fingerprint density at radius 1 is 1.23 bits per heavy atom. The van der Waals surface area contributed by atoms with Gasteiger partial charge in [-0.15, -0.1) is 11.3 Å². The minimum atomic E-state index is -0.00896. The highest BCUT2D eigenvalue weighted by Crippen LogP contribution is 2.62. The molecule has 5 atom stereocenters. The van der Waals surface area contributed by atoms with Crippen LogP contribution >= 0.6 is 11.3 Å². The maximum Gasteiger partial charge on any atom is 0.226 e. The second-order valence-corrected chi connectivity index (χ2v) is 12.7. The number of hydrogen-bond acceptors (Lipinski definition) is 8. The van der Waals surface area contributed by atoms with Gasteiger partial charge in [-0.3, -0.25) is 4.79 Å². The van der Waals surface area contributed by atoms with Crippen LogP contribution in [0, 0.1) is 30.1 Å². The van der Waals surface area contributed by atoms with E-state index in [1.165, 1.54) is 28.2 Å². The summed E-state index contributed by atoms with van der Waals surface area (Å²) in [5.41, 5.74) is 5.76. The number of nitrogens with zero attached hydrogens (tertiary/aromatic N) is 3. The Labute approximate surface area is 235 Å². The Kier molecular flexibility index (Phi) is 7.99. The van der Waals surface area contributed by atoms with Crippen LogP contribution in [0.4, 0.5) is 5.13 Å². The summed E-state index contributed by atoms with van der Waals surface area (Å²) in [5.74, 6) is 2.71. The molecule has 8 nitrogen and oxygen atoms in total. The SMILES string of the molecule is CO/N=C(\C)c1cc2c(cc1OC)CCC1C2CC[C@]2(C)/C(=N/OC)C[C@@H](CCC(=O)Nc3ncc(C)s3)C12. The first kappa shape index (κ1) is 27.6. The zero-order valence-corrected chi connectivity index (χ0v) is 24.7. The number of carbonyl (C=O) groups excluding carboxylic acids is 1. The fourth-order valence-electron chi connectivity index (χ4n) is 7.75. The maximum absolute atomic E-state index is 12.9. The Bertz CT molecular complexity index is 1290. The van der Waals surface area contributed by atoms with Gasteiger partial charge in [-0.2, -0.15) is 0 Å². The summed E-state index contributed by atoms with van der Waals surface area (Å²) >= 11 is 1.51. The highest BCUT2D eigenvalue weighted by Gasteiger charge is 2.57. The topological polar surface area (TPSA) is 94.4 Å². The fourth-order valence-corrected chi connectivity index (χ4v) is 8.43. The number of aromatic nitrogens is 1. The molecule has 5 rings (SSSR count). The molecule has 39 heavy (non-hydrogen) atoms. The molecule has 2 fully saturated rings. The van der Waals surface area contributed by atoms with Gasteiger partial charge in [-0.25, -0.2) is 4.98 Å². The van der Waals surface area contributed by atoms with Gasteiger partial charge in [0, 0.05) is 28.5 Å². The van der Waals surface area contributed by atoms with E-state index in [2.05, 4.69) is 39.7 Å². The fraction of sp³-hybridized carbons (Fsp3) is 0.600. The van der Waals surface area contributed by atoms with E-state index in [1.54, 1.807) is 27.5 Å². The van der Waals surface area contributed by atoms with Crippen molar-refractivity contribution in [2.45, 2.75) is 71.6 Å². The highest BCUT2D eigenvalue weighted by molar-refractivity contribution is 7.15. The average Bonchev–Trinajstić information content (AvgIpc) is 3.46. The Morgan fingerprint density at radius 3 is 2.74 bits per heavy atom. The number of fused-ring (bicyclic) bond motifs is 5. The van der Waals surface area contributed by atoms with Crippen LogP contribution in [0.1, 0.15) is 79.9 Å². The van der Waals surface area contributed by atoms with E-state index in [9.17, 15) is 4.79 Å². The first-order chi connectivity index (χ1) is 18.8. The number of aryl methyl sites for hydroxylation is 2. The van der Waals surface area contributed by atoms with E-state index in [0.717, 1.165) is 60.4 Å². The number of methoxy groups -OCH3 is 1. The van der Waals surface area contributed by atoms with E-state index in [-0.39, 0.29) is 11.3 Å². The zero-order valence-electron chi connectivity index (χ0n) is 23.9. The van der Waals surface area contributed by atoms with E-state index in [0.29, 0.717) is 35.2 Å². The lowest BCUT2D eigenvalue weighted by molar-refractivity contribution is -0.116. The standard InChI is InChI=1S/C30H40N4O4S/c1-17-16-31-29(39-17)32-27(35)10-8-20-14-26(34-38-6)30(3)12-11-21-22(28(20)30)9-7-19-13-25(36-4)23(15-24(19)21)18(2)33-37-5/h13,15-16,20-22,28H,7-12,14H2,1-6H3,(H,31,32,35)/b33-18+,34-26+/t20-,21?,22?,28?,30-/m1/s1. The van der Waals surface area contributed by atoms with Crippen molar-refractivity contribution in [1.29, 1.82) is 0 Å². The molecule has 1 aromatic heterocycles. The largest absolute Gasteiger partial charge is 0.496 e. The number of anilines is 1. The summed E-state index contributed by atoms with van der Waals surface area (Å²) in [4.78, 5) is 28.7. The van der Waals surface area contributed by atoms with Crippen LogP contribution in [-0.4, -0.2) is 43.6 Å². The highest BCUT2D eigenvalue weighted by atomic mass is 32.1. The van der Waals surface area contributed by atoms with E-state index < -0.39 is 0 Å². The van der Waals surface area contributed by atoms with Crippen molar-refractivity contribution in [2.75, 3.05) is 26.6 Å². The van der Waals surface area contributed by atoms with Crippen molar-refractivity contribution in [3.05, 3.63) is 39.9 Å². The van der Waals surface area contributed by atoms with Gasteiger partial charge < -0.3 is 19.7 Å². The summed E-state index contributed by atoms with van der Waals surface area (Å²) < 4.78 is 5.75. The van der Waals surface area contributed by atoms with Gasteiger partial charge in [-0.05, 0) is 99.3 Å². The van der Waals surface area contributed by atoms with Gasteiger partial charge in [0.2, 0.25) is 5.91 Å². The van der Waals surface area contributed by atoms with Gasteiger partial charge in [0.05, 0.1) is 18.5 Å². The molecular weight excluding hydrogens is 512 g/mol. The van der Waals surface area contributed by atoms with Crippen molar-refractivity contribution in [3.8, 4) is 5.75 Å². The van der Waals surface area contributed by atoms with Crippen LogP contribution in [-0.2, 0) is 20.9 Å². The lowest BCUT2D eigenvalue weighted by Crippen LogP contribution is -2.44. The molecule has 2 aromatic rings. The quantitative estimate of drug-likeness (QED) is 0.305. The van der Waals surface area contributed by atoms with Crippen LogP contribution < -0.4 is 10.1 Å². The smallest absolute Gasteiger partial charge is 0.226 e. The average molecular weight is 553 g/mol. The maximum atomic E-state index is 12.9. The molecule has 0 saturated heterocycles. The molecule has 3 aliphatic rings. The van der Waals surface area contributed by atoms with Crippen LogP contribution in [0.25, 0.3) is 0 Å². The third kappa shape index (κ3) is 5.17. The molecule has 3 aliphatic carbocycles. The molecule has 9 heteroatoms. The molecule has 1 heterocycles. The lowest BCUT2D eigenvalue weighted by atomic mass is 9.53. The van der Waals surface area contributed by atoms with Crippen LogP contribution in [0.15, 0.2) is 28.6 Å². The minimum absolute atomic E-state index is 0.00896. The van der Waals surface area contributed by atoms with Gasteiger partial charge in [0.25, 0.3) is 0 Å². The molecule has 1 amide bonds. The Morgan fingerprint density at radius 2 is 2.05 bits per heavy atom. The van der Waals surface area contributed by atoms with Crippen molar-refractivity contribution < 1.29 is 19.2 Å². The number of benzene rings is 1. The summed E-state index contributed by atoms with van der Waals surface area (Å²) in [6.07, 6.45) is 8.33. The van der Waals surface area contributed by atoms with Crippen molar-refractivity contribution in [3.63, 3.8) is 0 Å². The summed E-state index contributed by atoms with van der Waals surface area (Å²) in [6.45, 7) is 6.34. The second-order valence-electron chi connectivity index (χ2n) is 11.4.